The summed E-state index contributed by atoms with van der Waals surface area (Å²) in [7, 11) is 1.83. The minimum atomic E-state index is 0. The number of aromatic nitrogens is 1. The quantitative estimate of drug-likeness (QED) is 0.941. The smallest absolute Gasteiger partial charge is 0.307 e. The van der Waals surface area contributed by atoms with Gasteiger partial charge in [-0.05, 0) is 37.1 Å². The number of halogens is 1. The SMILES string of the molecule is Cl.Cn1c(=O)sc2cc(CN3CCCCC3CN)ccc21. The number of aryl methyl sites for hydroxylation is 1. The summed E-state index contributed by atoms with van der Waals surface area (Å²) in [6.45, 7) is 2.81. The van der Waals surface area contributed by atoms with E-state index in [1.807, 2.05) is 7.05 Å². The van der Waals surface area contributed by atoms with Crippen molar-refractivity contribution in [1.82, 2.24) is 9.47 Å². The van der Waals surface area contributed by atoms with E-state index in [4.69, 9.17) is 5.73 Å². The van der Waals surface area contributed by atoms with Crippen LogP contribution >= 0.6 is 23.7 Å². The molecular formula is C15H22ClN3OS. The number of likely N-dealkylation sites (tertiary alicyclic amines) is 1. The molecule has 4 nitrogen and oxygen atoms in total. The number of benzene rings is 1. The molecular weight excluding hydrogens is 306 g/mol. The van der Waals surface area contributed by atoms with Crippen LogP contribution in [0, 0.1) is 0 Å². The molecule has 3 rings (SSSR count). The normalized spacial score (nSPS) is 19.6. The predicted octanol–water partition coefficient (Wildman–Crippen LogP) is 2.34. The molecule has 2 N–H and O–H groups in total. The maximum atomic E-state index is 11.7. The highest BCUT2D eigenvalue weighted by molar-refractivity contribution is 7.16. The number of nitrogens with zero attached hydrogens (tertiary/aromatic N) is 2. The minimum Gasteiger partial charge on any atom is -0.329 e. The monoisotopic (exact) mass is 327 g/mol. The molecule has 1 aromatic carbocycles. The Morgan fingerprint density at radius 1 is 1.38 bits per heavy atom. The lowest BCUT2D eigenvalue weighted by molar-refractivity contribution is 0.145. The third-order valence-corrected chi connectivity index (χ3v) is 5.26. The van der Waals surface area contributed by atoms with Gasteiger partial charge in [-0.1, -0.05) is 23.8 Å². The van der Waals surface area contributed by atoms with Crippen molar-refractivity contribution in [3.8, 4) is 0 Å². The first-order valence-electron chi connectivity index (χ1n) is 7.21. The van der Waals surface area contributed by atoms with Crippen molar-refractivity contribution >= 4 is 34.0 Å². The molecule has 1 saturated heterocycles. The highest BCUT2D eigenvalue weighted by Crippen LogP contribution is 2.22. The van der Waals surface area contributed by atoms with Crippen LogP contribution in [0.15, 0.2) is 23.0 Å². The molecule has 1 aromatic heterocycles. The Morgan fingerprint density at radius 3 is 2.95 bits per heavy atom. The lowest BCUT2D eigenvalue weighted by atomic mass is 10.0. The van der Waals surface area contributed by atoms with Gasteiger partial charge >= 0.3 is 4.87 Å². The lowest BCUT2D eigenvalue weighted by Gasteiger charge is -2.35. The van der Waals surface area contributed by atoms with E-state index < -0.39 is 0 Å². The Labute approximate surface area is 135 Å². The number of hydrogen-bond acceptors (Lipinski definition) is 4. The van der Waals surface area contributed by atoms with Gasteiger partial charge in [0, 0.05) is 26.2 Å². The van der Waals surface area contributed by atoms with Gasteiger partial charge < -0.3 is 10.3 Å². The molecule has 21 heavy (non-hydrogen) atoms. The maximum absolute atomic E-state index is 11.7. The van der Waals surface area contributed by atoms with E-state index in [0.29, 0.717) is 6.04 Å². The first-order chi connectivity index (χ1) is 9.69. The predicted molar refractivity (Wildman–Crippen MR) is 91.4 cm³/mol. The summed E-state index contributed by atoms with van der Waals surface area (Å²) >= 11 is 1.33. The summed E-state index contributed by atoms with van der Waals surface area (Å²) in [6, 6.07) is 6.86. The van der Waals surface area contributed by atoms with Crippen LogP contribution in [0.3, 0.4) is 0 Å². The minimum absolute atomic E-state index is 0. The first-order valence-corrected chi connectivity index (χ1v) is 8.03. The van der Waals surface area contributed by atoms with Crippen LogP contribution in [-0.4, -0.2) is 28.6 Å². The Bertz CT molecular complexity index is 666. The average molecular weight is 328 g/mol. The van der Waals surface area contributed by atoms with E-state index in [2.05, 4.69) is 23.1 Å². The van der Waals surface area contributed by atoms with Gasteiger partial charge in [0.05, 0.1) is 10.2 Å². The molecule has 1 aliphatic heterocycles. The molecule has 1 aliphatic rings. The molecule has 0 aliphatic carbocycles. The van der Waals surface area contributed by atoms with Crippen molar-refractivity contribution in [2.24, 2.45) is 12.8 Å². The zero-order valence-corrected chi connectivity index (χ0v) is 13.9. The van der Waals surface area contributed by atoms with Gasteiger partial charge in [0.2, 0.25) is 0 Å². The van der Waals surface area contributed by atoms with E-state index in [1.54, 1.807) is 4.57 Å². The zero-order valence-electron chi connectivity index (χ0n) is 12.2. The van der Waals surface area contributed by atoms with Crippen LogP contribution in [0.4, 0.5) is 0 Å². The molecule has 0 amide bonds. The van der Waals surface area contributed by atoms with Crippen molar-refractivity contribution < 1.29 is 0 Å². The van der Waals surface area contributed by atoms with Crippen molar-refractivity contribution in [2.75, 3.05) is 13.1 Å². The zero-order chi connectivity index (χ0) is 14.1. The summed E-state index contributed by atoms with van der Waals surface area (Å²) in [5, 5.41) is 0. The van der Waals surface area contributed by atoms with E-state index in [9.17, 15) is 4.79 Å². The van der Waals surface area contributed by atoms with Crippen LogP contribution in [0.1, 0.15) is 24.8 Å². The van der Waals surface area contributed by atoms with Crippen molar-refractivity contribution in [3.05, 3.63) is 33.4 Å². The Hall–Kier alpha value is -0.880. The molecule has 1 atom stereocenters. The van der Waals surface area contributed by atoms with Gasteiger partial charge in [-0.25, -0.2) is 0 Å². The van der Waals surface area contributed by atoms with Crippen LogP contribution in [0.2, 0.25) is 0 Å². The van der Waals surface area contributed by atoms with Gasteiger partial charge in [0.25, 0.3) is 0 Å². The standard InChI is InChI=1S/C15H21N3OS.ClH/c1-17-13-6-5-11(8-14(13)20-15(17)19)10-18-7-3-2-4-12(18)9-16;/h5-6,8,12H,2-4,7,9-10,16H2,1H3;1H. The fourth-order valence-corrected chi connectivity index (χ4v) is 3.99. The number of piperidine rings is 1. The number of nitrogens with two attached hydrogens (primary N) is 1. The topological polar surface area (TPSA) is 51.3 Å². The highest BCUT2D eigenvalue weighted by atomic mass is 35.5. The van der Waals surface area contributed by atoms with E-state index in [1.165, 1.54) is 36.2 Å². The molecule has 0 bridgehead atoms. The van der Waals surface area contributed by atoms with E-state index in [-0.39, 0.29) is 17.3 Å². The largest absolute Gasteiger partial charge is 0.329 e. The summed E-state index contributed by atoms with van der Waals surface area (Å²) in [5.74, 6) is 0. The van der Waals surface area contributed by atoms with Crippen molar-refractivity contribution in [2.45, 2.75) is 31.8 Å². The average Bonchev–Trinajstić information content (AvgIpc) is 2.74. The van der Waals surface area contributed by atoms with Gasteiger partial charge in [0.1, 0.15) is 0 Å². The number of thiazole rings is 1. The second-order valence-corrected chi connectivity index (χ2v) is 6.58. The second-order valence-electron chi connectivity index (χ2n) is 5.58. The number of rotatable bonds is 3. The lowest BCUT2D eigenvalue weighted by Crippen LogP contribution is -2.43. The number of hydrogen-bond donors (Lipinski definition) is 1. The first kappa shape index (κ1) is 16.5. The van der Waals surface area contributed by atoms with E-state index in [0.717, 1.165) is 29.9 Å². The third kappa shape index (κ3) is 3.31. The molecule has 1 fully saturated rings. The molecule has 0 saturated carbocycles. The third-order valence-electron chi connectivity index (χ3n) is 4.26. The molecule has 2 heterocycles. The van der Waals surface area contributed by atoms with E-state index >= 15 is 0 Å². The molecule has 6 heteroatoms. The van der Waals surface area contributed by atoms with Gasteiger partial charge in [-0.15, -0.1) is 12.4 Å². The van der Waals surface area contributed by atoms with Crippen LogP contribution in [0.25, 0.3) is 10.2 Å². The van der Waals surface area contributed by atoms with Crippen LogP contribution in [0.5, 0.6) is 0 Å². The van der Waals surface area contributed by atoms with Crippen LogP contribution < -0.4 is 10.6 Å². The van der Waals surface area contributed by atoms with Gasteiger partial charge in [0.15, 0.2) is 0 Å². The summed E-state index contributed by atoms with van der Waals surface area (Å²) in [6.07, 6.45) is 3.76. The summed E-state index contributed by atoms with van der Waals surface area (Å²) in [4.78, 5) is 14.3. The van der Waals surface area contributed by atoms with Crippen molar-refractivity contribution in [3.63, 3.8) is 0 Å². The van der Waals surface area contributed by atoms with Gasteiger partial charge in [-0.2, -0.15) is 0 Å². The summed E-state index contributed by atoms with van der Waals surface area (Å²) in [5.41, 5.74) is 8.18. The Morgan fingerprint density at radius 2 is 2.19 bits per heavy atom. The molecule has 0 radical (unpaired) electrons. The number of fused-ring (bicyclic) bond motifs is 1. The molecule has 1 unspecified atom stereocenters. The molecule has 116 valence electrons. The Balaban J connectivity index is 0.00000161. The maximum Gasteiger partial charge on any atom is 0.307 e. The fraction of sp³-hybridized carbons (Fsp3) is 0.533. The fourth-order valence-electron chi connectivity index (χ4n) is 3.05. The summed E-state index contributed by atoms with van der Waals surface area (Å²) < 4.78 is 2.80. The van der Waals surface area contributed by atoms with Crippen LogP contribution in [-0.2, 0) is 13.6 Å². The van der Waals surface area contributed by atoms with Gasteiger partial charge in [-0.3, -0.25) is 9.69 Å². The second kappa shape index (κ2) is 6.92. The molecule has 0 spiro atoms. The highest BCUT2D eigenvalue weighted by Gasteiger charge is 2.21. The molecule has 2 aromatic rings. The van der Waals surface area contributed by atoms with Crippen molar-refractivity contribution in [1.29, 1.82) is 0 Å². The Kier molecular flexibility index (Phi) is 5.43.